The molecule has 0 radical (unpaired) electrons. The van der Waals surface area contributed by atoms with Crippen LogP contribution < -0.4 is 4.74 Å². The van der Waals surface area contributed by atoms with Crippen molar-refractivity contribution in [3.63, 3.8) is 0 Å². The number of benzene rings is 2. The van der Waals surface area contributed by atoms with Gasteiger partial charge in [0.25, 0.3) is 0 Å². The first-order valence-corrected chi connectivity index (χ1v) is 11.1. The molecule has 0 N–H and O–H groups in total. The minimum absolute atomic E-state index is 0.0323. The highest BCUT2D eigenvalue weighted by Gasteiger charge is 2.08. The second-order valence-electron chi connectivity index (χ2n) is 7.13. The number of furan rings is 1. The Morgan fingerprint density at radius 1 is 1.06 bits per heavy atom. The zero-order chi connectivity index (χ0) is 21.6. The van der Waals surface area contributed by atoms with Gasteiger partial charge in [0.2, 0.25) is 0 Å². The Balaban J connectivity index is 1.33. The third kappa shape index (κ3) is 5.75. The SMILES string of the molecule is Cc1cc(OCc2ccc(/C=C/C(=O)c3ccc(Cc4ccccc4)s3)o2)ccc1Cl. The average Bonchev–Trinajstić information content (AvgIpc) is 3.43. The summed E-state index contributed by atoms with van der Waals surface area (Å²) in [6, 6.07) is 23.3. The molecule has 156 valence electrons. The molecule has 0 saturated heterocycles. The number of halogens is 1. The lowest BCUT2D eigenvalue weighted by Crippen LogP contribution is -1.94. The van der Waals surface area contributed by atoms with Crippen LogP contribution in [-0.4, -0.2) is 5.78 Å². The number of carbonyl (C=O) groups excluding carboxylic acids is 1. The molecule has 0 aliphatic rings. The third-order valence-corrected chi connectivity index (χ3v) is 6.24. The molecule has 5 heteroatoms. The number of allylic oxidation sites excluding steroid dienone is 1. The number of hydrogen-bond acceptors (Lipinski definition) is 4. The monoisotopic (exact) mass is 448 g/mol. The molecule has 2 aromatic carbocycles. The molecule has 2 heterocycles. The van der Waals surface area contributed by atoms with Crippen molar-refractivity contribution in [3.05, 3.63) is 116 Å². The highest BCUT2D eigenvalue weighted by atomic mass is 35.5. The molecule has 0 fully saturated rings. The summed E-state index contributed by atoms with van der Waals surface area (Å²) >= 11 is 7.56. The van der Waals surface area contributed by atoms with Crippen molar-refractivity contribution in [2.45, 2.75) is 20.0 Å². The Morgan fingerprint density at radius 3 is 2.71 bits per heavy atom. The molecule has 0 spiro atoms. The van der Waals surface area contributed by atoms with E-state index in [0.29, 0.717) is 23.2 Å². The van der Waals surface area contributed by atoms with Crippen LogP contribution in [0.25, 0.3) is 6.08 Å². The van der Waals surface area contributed by atoms with E-state index >= 15 is 0 Å². The van der Waals surface area contributed by atoms with Crippen molar-refractivity contribution in [1.29, 1.82) is 0 Å². The largest absolute Gasteiger partial charge is 0.486 e. The van der Waals surface area contributed by atoms with Crippen LogP contribution in [0, 0.1) is 6.92 Å². The fourth-order valence-corrected chi connectivity index (χ4v) is 4.15. The van der Waals surface area contributed by atoms with E-state index in [9.17, 15) is 4.79 Å². The van der Waals surface area contributed by atoms with Gasteiger partial charge in [-0.15, -0.1) is 11.3 Å². The molecule has 0 bridgehead atoms. The van der Waals surface area contributed by atoms with Crippen LogP contribution in [0.1, 0.15) is 37.2 Å². The van der Waals surface area contributed by atoms with Crippen LogP contribution in [0.3, 0.4) is 0 Å². The lowest BCUT2D eigenvalue weighted by molar-refractivity contribution is 0.105. The fraction of sp³-hybridized carbons (Fsp3) is 0.115. The molecule has 3 nitrogen and oxygen atoms in total. The smallest absolute Gasteiger partial charge is 0.195 e. The molecule has 0 saturated carbocycles. The van der Waals surface area contributed by atoms with Crippen LogP contribution in [0.5, 0.6) is 5.75 Å². The first kappa shape index (κ1) is 21.2. The zero-order valence-electron chi connectivity index (χ0n) is 17.0. The Kier molecular flexibility index (Phi) is 6.70. The van der Waals surface area contributed by atoms with Gasteiger partial charge in [-0.05, 0) is 72.7 Å². The van der Waals surface area contributed by atoms with Gasteiger partial charge >= 0.3 is 0 Å². The van der Waals surface area contributed by atoms with Crippen molar-refractivity contribution in [1.82, 2.24) is 0 Å². The molecule has 4 rings (SSSR count). The van der Waals surface area contributed by atoms with E-state index in [1.165, 1.54) is 16.9 Å². The highest BCUT2D eigenvalue weighted by Crippen LogP contribution is 2.23. The van der Waals surface area contributed by atoms with Gasteiger partial charge in [-0.25, -0.2) is 0 Å². The van der Waals surface area contributed by atoms with E-state index in [1.54, 1.807) is 12.2 Å². The lowest BCUT2D eigenvalue weighted by Gasteiger charge is -2.05. The number of carbonyl (C=O) groups is 1. The molecule has 31 heavy (non-hydrogen) atoms. The number of aryl methyl sites for hydroxylation is 1. The molecule has 0 atom stereocenters. The van der Waals surface area contributed by atoms with Crippen molar-refractivity contribution in [3.8, 4) is 5.75 Å². The van der Waals surface area contributed by atoms with Crippen LogP contribution in [0.4, 0.5) is 0 Å². The Bertz CT molecular complexity index is 1200. The normalized spacial score (nSPS) is 11.2. The van der Waals surface area contributed by atoms with Gasteiger partial charge in [-0.1, -0.05) is 41.9 Å². The van der Waals surface area contributed by atoms with Crippen LogP contribution in [-0.2, 0) is 13.0 Å². The maximum atomic E-state index is 12.5. The van der Waals surface area contributed by atoms with Gasteiger partial charge in [0.15, 0.2) is 5.78 Å². The van der Waals surface area contributed by atoms with Gasteiger partial charge in [0.1, 0.15) is 23.9 Å². The minimum atomic E-state index is -0.0323. The minimum Gasteiger partial charge on any atom is -0.486 e. The molecule has 0 aliphatic carbocycles. The number of ether oxygens (including phenoxy) is 1. The number of hydrogen-bond donors (Lipinski definition) is 0. The molecule has 0 aliphatic heterocycles. The summed E-state index contributed by atoms with van der Waals surface area (Å²) in [6.45, 7) is 2.23. The second kappa shape index (κ2) is 9.82. The van der Waals surface area contributed by atoms with E-state index in [0.717, 1.165) is 27.5 Å². The fourth-order valence-electron chi connectivity index (χ4n) is 3.07. The molecular weight excluding hydrogens is 428 g/mol. The third-order valence-electron chi connectivity index (χ3n) is 4.72. The van der Waals surface area contributed by atoms with E-state index in [4.69, 9.17) is 20.8 Å². The maximum Gasteiger partial charge on any atom is 0.195 e. The van der Waals surface area contributed by atoms with Crippen LogP contribution in [0.15, 0.2) is 83.3 Å². The van der Waals surface area contributed by atoms with E-state index in [2.05, 4.69) is 12.1 Å². The Morgan fingerprint density at radius 2 is 1.90 bits per heavy atom. The highest BCUT2D eigenvalue weighted by molar-refractivity contribution is 7.14. The predicted molar refractivity (Wildman–Crippen MR) is 126 cm³/mol. The summed E-state index contributed by atoms with van der Waals surface area (Å²) in [5.41, 5.74) is 2.19. The number of rotatable bonds is 8. The first-order chi connectivity index (χ1) is 15.1. The van der Waals surface area contributed by atoms with E-state index in [-0.39, 0.29) is 5.78 Å². The Hall–Kier alpha value is -3.08. The number of thiophene rings is 1. The summed E-state index contributed by atoms with van der Waals surface area (Å²) < 4.78 is 11.5. The maximum absolute atomic E-state index is 12.5. The summed E-state index contributed by atoms with van der Waals surface area (Å²) in [6.07, 6.45) is 4.07. The molecular formula is C26H21ClO3S. The molecule has 4 aromatic rings. The molecule has 2 aromatic heterocycles. The van der Waals surface area contributed by atoms with E-state index in [1.807, 2.05) is 67.6 Å². The van der Waals surface area contributed by atoms with Crippen LogP contribution in [0.2, 0.25) is 5.02 Å². The summed E-state index contributed by atoms with van der Waals surface area (Å²) in [5.74, 6) is 1.99. The van der Waals surface area contributed by atoms with Crippen molar-refractivity contribution < 1.29 is 13.9 Å². The molecule has 0 unspecified atom stereocenters. The lowest BCUT2D eigenvalue weighted by atomic mass is 10.1. The average molecular weight is 449 g/mol. The summed E-state index contributed by atoms with van der Waals surface area (Å²) in [5, 5.41) is 0.709. The van der Waals surface area contributed by atoms with Crippen molar-refractivity contribution in [2.24, 2.45) is 0 Å². The Labute approximate surface area is 190 Å². The van der Waals surface area contributed by atoms with Crippen molar-refractivity contribution >= 4 is 34.8 Å². The van der Waals surface area contributed by atoms with Gasteiger partial charge in [-0.2, -0.15) is 0 Å². The zero-order valence-corrected chi connectivity index (χ0v) is 18.6. The van der Waals surface area contributed by atoms with Gasteiger partial charge < -0.3 is 9.15 Å². The quantitative estimate of drug-likeness (QED) is 0.208. The first-order valence-electron chi connectivity index (χ1n) is 9.89. The van der Waals surface area contributed by atoms with Gasteiger partial charge in [0, 0.05) is 16.3 Å². The van der Waals surface area contributed by atoms with Crippen LogP contribution >= 0.6 is 22.9 Å². The van der Waals surface area contributed by atoms with Gasteiger partial charge in [-0.3, -0.25) is 4.79 Å². The molecule has 0 amide bonds. The standard InChI is InChI=1S/C26H21ClO3S/c1-18-15-21(9-12-24(18)27)29-17-22-8-7-20(30-22)10-13-25(28)26-14-11-23(31-26)16-19-5-3-2-4-6-19/h2-15H,16-17H2,1H3/b13-10+. The topological polar surface area (TPSA) is 39.4 Å². The summed E-state index contributed by atoms with van der Waals surface area (Å²) in [4.78, 5) is 14.4. The van der Waals surface area contributed by atoms with Gasteiger partial charge in [0.05, 0.1) is 4.88 Å². The van der Waals surface area contributed by atoms with E-state index < -0.39 is 0 Å². The number of ketones is 1. The second-order valence-corrected chi connectivity index (χ2v) is 8.71. The van der Waals surface area contributed by atoms with Crippen molar-refractivity contribution in [2.75, 3.05) is 0 Å². The summed E-state index contributed by atoms with van der Waals surface area (Å²) in [7, 11) is 0. The predicted octanol–water partition coefficient (Wildman–Crippen LogP) is 7.37.